The molecule has 0 aromatic rings. The molecule has 2 heterocycles. The lowest BCUT2D eigenvalue weighted by Crippen LogP contribution is -2.09. The Kier molecular flexibility index (Phi) is 1.85. The highest BCUT2D eigenvalue weighted by molar-refractivity contribution is 5.98. The van der Waals surface area contributed by atoms with Crippen molar-refractivity contribution in [2.45, 2.75) is 20.3 Å². The van der Waals surface area contributed by atoms with Gasteiger partial charge in [-0.05, 0) is 31.4 Å². The summed E-state index contributed by atoms with van der Waals surface area (Å²) in [4.78, 5) is 4.58. The number of nitrogens with zero attached hydrogens (tertiary/aromatic N) is 1. The minimum atomic E-state index is 0.952. The fourth-order valence-corrected chi connectivity index (χ4v) is 1.58. The van der Waals surface area contributed by atoms with Crippen molar-refractivity contribution in [3.63, 3.8) is 0 Å². The zero-order valence-electron chi connectivity index (χ0n) is 7.65. The minimum Gasteiger partial charge on any atom is -0.307 e. The first-order valence-corrected chi connectivity index (χ1v) is 4.41. The predicted molar refractivity (Wildman–Crippen MR) is 51.4 cm³/mol. The summed E-state index contributed by atoms with van der Waals surface area (Å²) in [5.41, 5.74) is 5.22. The van der Waals surface area contributed by atoms with Crippen LogP contribution in [0.15, 0.2) is 27.9 Å². The first-order chi connectivity index (χ1) is 5.77. The van der Waals surface area contributed by atoms with Gasteiger partial charge >= 0.3 is 0 Å². The van der Waals surface area contributed by atoms with E-state index in [0.717, 1.165) is 19.5 Å². The third kappa shape index (κ3) is 1.23. The van der Waals surface area contributed by atoms with E-state index < -0.39 is 0 Å². The second-order valence-corrected chi connectivity index (χ2v) is 3.44. The third-order valence-corrected chi connectivity index (χ3v) is 2.57. The molecule has 0 radical (unpaired) electrons. The minimum absolute atomic E-state index is 0.952. The van der Waals surface area contributed by atoms with E-state index in [9.17, 15) is 0 Å². The van der Waals surface area contributed by atoms with E-state index in [2.05, 4.69) is 30.2 Å². The lowest BCUT2D eigenvalue weighted by Gasteiger charge is -1.98. The van der Waals surface area contributed by atoms with Crippen LogP contribution in [-0.2, 0) is 0 Å². The molecular formula is C10H14N2. The molecule has 64 valence electrons. The Morgan fingerprint density at radius 2 is 2.17 bits per heavy atom. The van der Waals surface area contributed by atoms with Crippen LogP contribution in [0.25, 0.3) is 0 Å². The summed E-state index contributed by atoms with van der Waals surface area (Å²) < 4.78 is 0. The van der Waals surface area contributed by atoms with Gasteiger partial charge in [-0.25, -0.2) is 0 Å². The molecule has 2 aliphatic heterocycles. The number of nitrogens with one attached hydrogen (secondary N) is 1. The predicted octanol–water partition coefficient (Wildman–Crippen LogP) is 1.65. The van der Waals surface area contributed by atoms with Gasteiger partial charge in [-0.1, -0.05) is 6.08 Å². The van der Waals surface area contributed by atoms with Crippen molar-refractivity contribution in [2.75, 3.05) is 13.1 Å². The van der Waals surface area contributed by atoms with Crippen LogP contribution >= 0.6 is 0 Å². The van der Waals surface area contributed by atoms with E-state index in [1.54, 1.807) is 0 Å². The molecule has 2 rings (SSSR count). The fraction of sp³-hybridized carbons (Fsp3) is 0.500. The van der Waals surface area contributed by atoms with Gasteiger partial charge in [0.2, 0.25) is 0 Å². The Bertz CT molecular complexity index is 295. The molecule has 0 aliphatic carbocycles. The van der Waals surface area contributed by atoms with Gasteiger partial charge in [0, 0.05) is 18.8 Å². The molecule has 0 unspecified atom stereocenters. The van der Waals surface area contributed by atoms with Crippen molar-refractivity contribution < 1.29 is 0 Å². The average Bonchev–Trinajstić information content (AvgIpc) is 2.43. The van der Waals surface area contributed by atoms with Gasteiger partial charge in [-0.2, -0.15) is 0 Å². The van der Waals surface area contributed by atoms with Crippen LogP contribution in [-0.4, -0.2) is 18.8 Å². The summed E-state index contributed by atoms with van der Waals surface area (Å²) >= 11 is 0. The second kappa shape index (κ2) is 2.87. The van der Waals surface area contributed by atoms with Crippen LogP contribution in [0.5, 0.6) is 0 Å². The largest absolute Gasteiger partial charge is 0.307 e. The molecule has 0 atom stereocenters. The van der Waals surface area contributed by atoms with E-state index in [-0.39, 0.29) is 0 Å². The van der Waals surface area contributed by atoms with Crippen LogP contribution in [0, 0.1) is 0 Å². The van der Waals surface area contributed by atoms with Gasteiger partial charge in [0.1, 0.15) is 0 Å². The molecule has 2 aliphatic rings. The summed E-state index contributed by atoms with van der Waals surface area (Å²) in [5, 5.41) is 3.32. The molecule has 0 aromatic carbocycles. The number of hydrogen-bond donors (Lipinski definition) is 1. The molecule has 0 bridgehead atoms. The molecule has 1 N–H and O–H groups in total. The lowest BCUT2D eigenvalue weighted by molar-refractivity contribution is 0.853. The Labute approximate surface area is 73.1 Å². The summed E-state index contributed by atoms with van der Waals surface area (Å²) in [6.07, 6.45) is 3.35. The zero-order valence-corrected chi connectivity index (χ0v) is 7.65. The zero-order chi connectivity index (χ0) is 8.55. The van der Waals surface area contributed by atoms with E-state index in [1.165, 1.54) is 22.6 Å². The van der Waals surface area contributed by atoms with E-state index in [1.807, 2.05) is 0 Å². The lowest BCUT2D eigenvalue weighted by atomic mass is 10.1. The van der Waals surface area contributed by atoms with Crippen molar-refractivity contribution >= 4 is 5.71 Å². The van der Waals surface area contributed by atoms with Gasteiger partial charge in [0.15, 0.2) is 0 Å². The number of rotatable bonds is 0. The normalized spacial score (nSPS) is 23.2. The quantitative estimate of drug-likeness (QED) is 0.575. The van der Waals surface area contributed by atoms with Crippen LogP contribution in [0.3, 0.4) is 0 Å². The Morgan fingerprint density at radius 1 is 1.33 bits per heavy atom. The smallest absolute Gasteiger partial charge is 0.0553 e. The van der Waals surface area contributed by atoms with Gasteiger partial charge in [0.25, 0.3) is 0 Å². The first kappa shape index (κ1) is 7.74. The first-order valence-electron chi connectivity index (χ1n) is 4.41. The van der Waals surface area contributed by atoms with E-state index in [0.29, 0.717) is 0 Å². The molecule has 0 spiro atoms. The highest BCUT2D eigenvalue weighted by atomic mass is 15.0. The maximum atomic E-state index is 4.58. The highest BCUT2D eigenvalue weighted by Crippen LogP contribution is 2.20. The van der Waals surface area contributed by atoms with Crippen molar-refractivity contribution in [3.8, 4) is 0 Å². The molecule has 0 saturated heterocycles. The van der Waals surface area contributed by atoms with Gasteiger partial charge in [0.05, 0.1) is 5.70 Å². The Hall–Kier alpha value is -0.890. The molecule has 0 aromatic heterocycles. The standard InChI is InChI=1S/C10H14N2/c1-7-3-4-9-5-11-6-10(9)12-8(7)2/h3,11H,4-6H2,1-2H3. The number of aliphatic imine (C=N–C) groups is 1. The molecule has 0 saturated carbocycles. The van der Waals surface area contributed by atoms with E-state index >= 15 is 0 Å². The van der Waals surface area contributed by atoms with Gasteiger partial charge < -0.3 is 5.32 Å². The van der Waals surface area contributed by atoms with Crippen LogP contribution in [0.4, 0.5) is 0 Å². The fourth-order valence-electron chi connectivity index (χ4n) is 1.58. The average molecular weight is 162 g/mol. The van der Waals surface area contributed by atoms with Crippen molar-refractivity contribution in [2.24, 2.45) is 4.99 Å². The monoisotopic (exact) mass is 162 g/mol. The molecule has 2 nitrogen and oxygen atoms in total. The summed E-state index contributed by atoms with van der Waals surface area (Å²) in [6, 6.07) is 0. The highest BCUT2D eigenvalue weighted by Gasteiger charge is 2.14. The van der Waals surface area contributed by atoms with Crippen molar-refractivity contribution in [1.29, 1.82) is 0 Å². The number of allylic oxidation sites excluding steroid dienone is 2. The van der Waals surface area contributed by atoms with Crippen LogP contribution in [0.2, 0.25) is 0 Å². The van der Waals surface area contributed by atoms with Gasteiger partial charge in [-0.3, -0.25) is 4.99 Å². The molecule has 0 amide bonds. The summed E-state index contributed by atoms with van der Waals surface area (Å²) in [7, 11) is 0. The molecular weight excluding hydrogens is 148 g/mol. The summed E-state index contributed by atoms with van der Waals surface area (Å²) in [6.45, 7) is 6.19. The van der Waals surface area contributed by atoms with Gasteiger partial charge in [-0.15, -0.1) is 0 Å². The number of hydrogen-bond acceptors (Lipinski definition) is 2. The molecule has 12 heavy (non-hydrogen) atoms. The maximum Gasteiger partial charge on any atom is 0.0553 e. The Balaban J connectivity index is 2.36. The molecule has 0 fully saturated rings. The third-order valence-electron chi connectivity index (χ3n) is 2.57. The maximum absolute atomic E-state index is 4.58. The second-order valence-electron chi connectivity index (χ2n) is 3.44. The SMILES string of the molecule is CC1=CCC2=C(CNC2)N=C1C. The molecule has 2 heteroatoms. The van der Waals surface area contributed by atoms with Crippen molar-refractivity contribution in [1.82, 2.24) is 5.32 Å². The Morgan fingerprint density at radius 3 is 3.00 bits per heavy atom. The van der Waals surface area contributed by atoms with Crippen molar-refractivity contribution in [3.05, 3.63) is 22.9 Å². The van der Waals surface area contributed by atoms with Crippen LogP contribution < -0.4 is 5.32 Å². The summed E-state index contributed by atoms with van der Waals surface area (Å²) in [5.74, 6) is 0. The van der Waals surface area contributed by atoms with E-state index in [4.69, 9.17) is 0 Å². The topological polar surface area (TPSA) is 24.4 Å². The van der Waals surface area contributed by atoms with Crippen LogP contribution in [0.1, 0.15) is 20.3 Å².